The van der Waals surface area contributed by atoms with Crippen LogP contribution in [0.5, 0.6) is 11.5 Å². The molecule has 0 radical (unpaired) electrons. The molecule has 2 aromatic heterocycles. The average molecular weight is 465 g/mol. The highest BCUT2D eigenvalue weighted by molar-refractivity contribution is 5.98. The molecule has 0 unspecified atom stereocenters. The number of hydrogen-bond acceptors (Lipinski definition) is 7. The first-order chi connectivity index (χ1) is 17.2. The van der Waals surface area contributed by atoms with E-state index in [0.717, 1.165) is 52.3 Å². The molecule has 0 aliphatic carbocycles. The second-order valence-corrected chi connectivity index (χ2v) is 8.99. The van der Waals surface area contributed by atoms with Gasteiger partial charge >= 0.3 is 0 Å². The minimum absolute atomic E-state index is 0.672. The van der Waals surface area contributed by atoms with Crippen molar-refractivity contribution >= 4 is 45.5 Å². The van der Waals surface area contributed by atoms with Crippen LogP contribution in [0.15, 0.2) is 94.0 Å². The number of benzene rings is 3. The molecule has 7 rings (SSSR count). The van der Waals surface area contributed by atoms with Crippen LogP contribution < -0.4 is 24.3 Å². The highest BCUT2D eigenvalue weighted by Crippen LogP contribution is 2.48. The van der Waals surface area contributed by atoms with E-state index in [2.05, 4.69) is 75.2 Å². The van der Waals surface area contributed by atoms with Gasteiger partial charge in [-0.2, -0.15) is 0 Å². The van der Waals surface area contributed by atoms with Crippen LogP contribution in [0.2, 0.25) is 0 Å². The molecule has 4 heterocycles. The fourth-order valence-corrected chi connectivity index (χ4v) is 5.02. The third-order valence-electron chi connectivity index (χ3n) is 6.66. The van der Waals surface area contributed by atoms with Crippen LogP contribution in [0.25, 0.3) is 11.2 Å². The lowest BCUT2D eigenvalue weighted by Gasteiger charge is -2.21. The SMILES string of the molecule is CN1CN(c2cccc(Oc3cccc(N4CN(C)c5oc6ccoc6c54)c3)c2)c2ccccc21. The summed E-state index contributed by atoms with van der Waals surface area (Å²) in [6.07, 6.45) is 1.66. The summed E-state index contributed by atoms with van der Waals surface area (Å²) in [6, 6.07) is 26.7. The molecule has 2 aliphatic heterocycles. The Labute approximate surface area is 202 Å². The Morgan fingerprint density at radius 1 is 0.714 bits per heavy atom. The largest absolute Gasteiger partial charge is 0.458 e. The quantitative estimate of drug-likeness (QED) is 0.286. The van der Waals surface area contributed by atoms with Gasteiger partial charge in [-0.1, -0.05) is 24.3 Å². The van der Waals surface area contributed by atoms with Crippen molar-refractivity contribution in [1.82, 2.24) is 0 Å². The zero-order valence-electron chi connectivity index (χ0n) is 19.5. The Morgan fingerprint density at radius 2 is 1.40 bits per heavy atom. The van der Waals surface area contributed by atoms with E-state index in [0.29, 0.717) is 6.67 Å². The van der Waals surface area contributed by atoms with Crippen molar-refractivity contribution < 1.29 is 13.6 Å². The van der Waals surface area contributed by atoms with Gasteiger partial charge in [-0.25, -0.2) is 0 Å². The molecular formula is C28H24N4O3. The van der Waals surface area contributed by atoms with Crippen molar-refractivity contribution in [1.29, 1.82) is 0 Å². The molecule has 7 nitrogen and oxygen atoms in total. The zero-order valence-corrected chi connectivity index (χ0v) is 19.5. The fraction of sp³-hybridized carbons (Fsp3) is 0.143. The number of anilines is 6. The zero-order chi connectivity index (χ0) is 23.5. The number of para-hydroxylation sites is 2. The molecule has 2 aliphatic rings. The normalized spacial score (nSPS) is 14.7. The molecule has 0 saturated heterocycles. The maximum Gasteiger partial charge on any atom is 0.225 e. The second kappa shape index (κ2) is 7.50. The van der Waals surface area contributed by atoms with Crippen molar-refractivity contribution in [2.24, 2.45) is 0 Å². The van der Waals surface area contributed by atoms with Gasteiger partial charge in [0.05, 0.1) is 31.0 Å². The summed E-state index contributed by atoms with van der Waals surface area (Å²) >= 11 is 0. The third-order valence-corrected chi connectivity index (χ3v) is 6.66. The molecule has 0 amide bonds. The molecule has 0 N–H and O–H groups in total. The number of fused-ring (bicyclic) bond motifs is 4. The first-order valence-corrected chi connectivity index (χ1v) is 11.6. The van der Waals surface area contributed by atoms with Gasteiger partial charge in [-0.3, -0.25) is 0 Å². The van der Waals surface area contributed by atoms with Gasteiger partial charge in [-0.15, -0.1) is 0 Å². The van der Waals surface area contributed by atoms with Crippen molar-refractivity contribution in [2.75, 3.05) is 47.0 Å². The lowest BCUT2D eigenvalue weighted by molar-refractivity contribution is 0.483. The average Bonchev–Trinajstić information content (AvgIpc) is 3.62. The fourth-order valence-electron chi connectivity index (χ4n) is 5.02. The predicted octanol–water partition coefficient (Wildman–Crippen LogP) is 6.91. The van der Waals surface area contributed by atoms with Gasteiger partial charge in [-0.05, 0) is 36.4 Å². The van der Waals surface area contributed by atoms with Crippen LogP contribution in [0, 0.1) is 0 Å². The van der Waals surface area contributed by atoms with Crippen LogP contribution in [-0.2, 0) is 0 Å². The lowest BCUT2D eigenvalue weighted by Crippen LogP contribution is -2.24. The van der Waals surface area contributed by atoms with Gasteiger partial charge in [0.15, 0.2) is 16.9 Å². The Morgan fingerprint density at radius 3 is 2.17 bits per heavy atom. The van der Waals surface area contributed by atoms with Crippen molar-refractivity contribution in [3.8, 4) is 11.5 Å². The minimum Gasteiger partial charge on any atom is -0.458 e. The van der Waals surface area contributed by atoms with Crippen LogP contribution in [0.4, 0.5) is 34.3 Å². The summed E-state index contributed by atoms with van der Waals surface area (Å²) in [5.74, 6) is 2.38. The highest BCUT2D eigenvalue weighted by Gasteiger charge is 2.33. The van der Waals surface area contributed by atoms with Gasteiger partial charge in [0.2, 0.25) is 5.88 Å². The molecule has 7 heteroatoms. The molecule has 0 saturated carbocycles. The van der Waals surface area contributed by atoms with E-state index in [1.807, 2.05) is 37.4 Å². The van der Waals surface area contributed by atoms with Gasteiger partial charge in [0.25, 0.3) is 0 Å². The summed E-state index contributed by atoms with van der Waals surface area (Å²) < 4.78 is 18.0. The summed E-state index contributed by atoms with van der Waals surface area (Å²) in [5.41, 5.74) is 7.00. The molecule has 0 bridgehead atoms. The minimum atomic E-state index is 0.672. The first kappa shape index (κ1) is 19.9. The molecule has 0 fully saturated rings. The Balaban J connectivity index is 1.18. The molecule has 35 heavy (non-hydrogen) atoms. The van der Waals surface area contributed by atoms with Crippen LogP contribution >= 0.6 is 0 Å². The van der Waals surface area contributed by atoms with E-state index >= 15 is 0 Å². The molecule has 5 aromatic rings. The van der Waals surface area contributed by atoms with E-state index in [9.17, 15) is 0 Å². The number of nitrogens with zero attached hydrogens (tertiary/aromatic N) is 4. The summed E-state index contributed by atoms with van der Waals surface area (Å²) in [4.78, 5) is 8.81. The monoisotopic (exact) mass is 464 g/mol. The van der Waals surface area contributed by atoms with Crippen LogP contribution in [-0.4, -0.2) is 27.4 Å². The van der Waals surface area contributed by atoms with E-state index < -0.39 is 0 Å². The van der Waals surface area contributed by atoms with Crippen molar-refractivity contribution in [3.63, 3.8) is 0 Å². The number of furan rings is 2. The van der Waals surface area contributed by atoms with Gasteiger partial charge < -0.3 is 33.2 Å². The summed E-state index contributed by atoms with van der Waals surface area (Å²) in [7, 11) is 4.13. The molecular weight excluding hydrogens is 440 g/mol. The summed E-state index contributed by atoms with van der Waals surface area (Å²) in [5, 5.41) is 0. The molecule has 174 valence electrons. The first-order valence-electron chi connectivity index (χ1n) is 11.6. The van der Waals surface area contributed by atoms with Crippen LogP contribution in [0.3, 0.4) is 0 Å². The summed E-state index contributed by atoms with van der Waals surface area (Å²) in [6.45, 7) is 1.47. The topological polar surface area (TPSA) is 48.5 Å². The van der Waals surface area contributed by atoms with Crippen molar-refractivity contribution in [2.45, 2.75) is 0 Å². The molecule has 0 atom stereocenters. The van der Waals surface area contributed by atoms with E-state index in [1.165, 1.54) is 11.4 Å². The third kappa shape index (κ3) is 3.12. The number of rotatable bonds is 4. The number of ether oxygens (including phenoxy) is 1. The maximum atomic E-state index is 6.33. The number of hydrogen-bond donors (Lipinski definition) is 0. The van der Waals surface area contributed by atoms with Crippen molar-refractivity contribution in [3.05, 3.63) is 85.1 Å². The highest BCUT2D eigenvalue weighted by atomic mass is 16.5. The second-order valence-electron chi connectivity index (χ2n) is 8.99. The molecule has 3 aromatic carbocycles. The van der Waals surface area contributed by atoms with E-state index in [4.69, 9.17) is 13.6 Å². The van der Waals surface area contributed by atoms with Crippen LogP contribution in [0.1, 0.15) is 0 Å². The maximum absolute atomic E-state index is 6.33. The predicted molar refractivity (Wildman–Crippen MR) is 139 cm³/mol. The Kier molecular flexibility index (Phi) is 4.26. The van der Waals surface area contributed by atoms with Gasteiger partial charge in [0, 0.05) is 43.7 Å². The lowest BCUT2D eigenvalue weighted by atomic mass is 10.2. The Bertz CT molecular complexity index is 1550. The standard InChI is InChI=1S/C28H24N4O3/c1-29-17-31(24-12-4-3-11-23(24)29)19-7-5-9-21(15-19)34-22-10-6-8-20(16-22)32-18-30(2)28-26(32)27-25(35-28)13-14-33-27/h3-16H,17-18H2,1-2H3. The van der Waals surface area contributed by atoms with Gasteiger partial charge in [0.1, 0.15) is 11.5 Å². The Hall–Kier alpha value is -4.52. The van der Waals surface area contributed by atoms with E-state index in [1.54, 1.807) is 6.26 Å². The van der Waals surface area contributed by atoms with E-state index in [-0.39, 0.29) is 0 Å². The molecule has 0 spiro atoms. The smallest absolute Gasteiger partial charge is 0.225 e.